The van der Waals surface area contributed by atoms with Crippen molar-refractivity contribution in [3.63, 3.8) is 0 Å². The summed E-state index contributed by atoms with van der Waals surface area (Å²) in [5.74, 6) is 8.77. The van der Waals surface area contributed by atoms with E-state index in [2.05, 4.69) is 68.4 Å². The van der Waals surface area contributed by atoms with Gasteiger partial charge in [-0.3, -0.25) is 5.10 Å². The second-order valence-corrected chi connectivity index (χ2v) is 8.77. The van der Waals surface area contributed by atoms with Crippen LogP contribution in [0.5, 0.6) is 0 Å². The van der Waals surface area contributed by atoms with Crippen LogP contribution in [0, 0.1) is 11.8 Å². The third-order valence-electron chi connectivity index (χ3n) is 6.52. The van der Waals surface area contributed by atoms with Crippen LogP contribution in [0.3, 0.4) is 0 Å². The molecule has 2 aromatic carbocycles. The highest BCUT2D eigenvalue weighted by Crippen LogP contribution is 2.46. The minimum Gasteiger partial charge on any atom is -0.393 e. The molecule has 0 bridgehead atoms. The molecule has 1 aliphatic rings. The van der Waals surface area contributed by atoms with Crippen molar-refractivity contribution in [3.8, 4) is 23.0 Å². The van der Waals surface area contributed by atoms with E-state index in [1.54, 1.807) is 30.2 Å². The summed E-state index contributed by atoms with van der Waals surface area (Å²) in [5.41, 5.74) is 4.54. The molecular weight excluding hydrogens is 426 g/mol. The van der Waals surface area contributed by atoms with E-state index < -0.39 is 12.1 Å². The van der Waals surface area contributed by atoms with Gasteiger partial charge in [0.2, 0.25) is 0 Å². The Bertz CT molecular complexity index is 1280. The van der Waals surface area contributed by atoms with Gasteiger partial charge in [0, 0.05) is 23.9 Å². The minimum atomic E-state index is -0.726. The Morgan fingerprint density at radius 2 is 1.74 bits per heavy atom. The van der Waals surface area contributed by atoms with Crippen molar-refractivity contribution in [2.24, 2.45) is 0 Å². The predicted octanol–water partition coefficient (Wildman–Crippen LogP) is 3.97. The lowest BCUT2D eigenvalue weighted by molar-refractivity contribution is 0.176. The van der Waals surface area contributed by atoms with Gasteiger partial charge in [0.05, 0.1) is 6.61 Å². The lowest BCUT2D eigenvalue weighted by atomic mass is 9.71. The van der Waals surface area contributed by atoms with Crippen LogP contribution in [-0.4, -0.2) is 41.6 Å². The SMILES string of the molecule is CC(O)c1nccn1[C@@H](C#Cc1ccc(-c2ccc(C3CC(c4ncn[nH]4)C3)cc2)cc1)CO. The number of aliphatic hydroxyl groups is 2. The molecule has 0 radical (unpaired) electrons. The summed E-state index contributed by atoms with van der Waals surface area (Å²) in [4.78, 5) is 8.43. The van der Waals surface area contributed by atoms with Crippen LogP contribution in [-0.2, 0) is 0 Å². The second kappa shape index (κ2) is 9.64. The Hall–Kier alpha value is -3.73. The average molecular weight is 454 g/mol. The molecule has 172 valence electrons. The molecule has 34 heavy (non-hydrogen) atoms. The van der Waals surface area contributed by atoms with Crippen LogP contribution in [0.25, 0.3) is 11.1 Å². The largest absolute Gasteiger partial charge is 0.393 e. The highest BCUT2D eigenvalue weighted by Gasteiger charge is 2.33. The lowest BCUT2D eigenvalue weighted by Crippen LogP contribution is -2.21. The number of nitrogens with one attached hydrogen (secondary N) is 1. The number of rotatable bonds is 6. The third-order valence-corrected chi connectivity index (χ3v) is 6.52. The standard InChI is InChI=1S/C27H27N5O2/c1-18(34)27-28-12-13-32(27)25(16-33)11-4-19-2-5-20(6-3-19)21-7-9-22(10-8-21)23-14-24(15-23)26-29-17-30-31-26/h2-3,5-10,12-13,17-18,23-25,33-34H,14-16H2,1H3,(H,29,30,31)/t18?,23?,24?,25-/m0/s1. The van der Waals surface area contributed by atoms with Gasteiger partial charge in [0.15, 0.2) is 0 Å². The van der Waals surface area contributed by atoms with Crippen LogP contribution in [0.15, 0.2) is 67.3 Å². The molecule has 1 saturated carbocycles. The first-order chi connectivity index (χ1) is 16.6. The maximum atomic E-state index is 9.86. The summed E-state index contributed by atoms with van der Waals surface area (Å²) in [6.07, 6.45) is 6.39. The fourth-order valence-corrected chi connectivity index (χ4v) is 4.50. The number of hydrogen-bond acceptors (Lipinski definition) is 5. The Morgan fingerprint density at radius 1 is 1.03 bits per heavy atom. The highest BCUT2D eigenvalue weighted by molar-refractivity contribution is 5.64. The van der Waals surface area contributed by atoms with Crippen molar-refractivity contribution in [2.45, 2.75) is 43.7 Å². The molecular formula is C27H27N5O2. The summed E-state index contributed by atoms with van der Waals surface area (Å²) < 4.78 is 1.71. The number of nitrogens with zero attached hydrogens (tertiary/aromatic N) is 4. The van der Waals surface area contributed by atoms with Gasteiger partial charge in [-0.25, -0.2) is 9.97 Å². The summed E-state index contributed by atoms with van der Waals surface area (Å²) in [6.45, 7) is 1.49. The van der Waals surface area contributed by atoms with Gasteiger partial charge < -0.3 is 14.8 Å². The van der Waals surface area contributed by atoms with E-state index in [0.717, 1.165) is 29.8 Å². The molecule has 2 aromatic heterocycles. The number of hydrogen-bond donors (Lipinski definition) is 3. The van der Waals surface area contributed by atoms with Crippen molar-refractivity contribution >= 4 is 0 Å². The summed E-state index contributed by atoms with van der Waals surface area (Å²) >= 11 is 0. The van der Waals surface area contributed by atoms with Gasteiger partial charge in [-0.1, -0.05) is 48.2 Å². The van der Waals surface area contributed by atoms with E-state index in [1.807, 2.05) is 12.1 Å². The molecule has 7 nitrogen and oxygen atoms in total. The molecule has 5 rings (SSSR count). The molecule has 0 spiro atoms. The molecule has 0 aliphatic heterocycles. The van der Waals surface area contributed by atoms with Crippen LogP contribution in [0.4, 0.5) is 0 Å². The average Bonchev–Trinajstić information content (AvgIpc) is 3.52. The van der Waals surface area contributed by atoms with Gasteiger partial charge in [0.25, 0.3) is 0 Å². The fourth-order valence-electron chi connectivity index (χ4n) is 4.50. The normalized spacial score (nSPS) is 19.0. The molecule has 1 aliphatic carbocycles. The van der Waals surface area contributed by atoms with Crippen LogP contribution in [0.2, 0.25) is 0 Å². The van der Waals surface area contributed by atoms with E-state index >= 15 is 0 Å². The number of benzene rings is 2. The molecule has 0 saturated heterocycles. The molecule has 2 atom stereocenters. The van der Waals surface area contributed by atoms with Gasteiger partial charge in [-0.05, 0) is 54.5 Å². The maximum absolute atomic E-state index is 9.86. The van der Waals surface area contributed by atoms with Crippen LogP contribution >= 0.6 is 0 Å². The minimum absolute atomic E-state index is 0.159. The molecule has 4 aromatic rings. The smallest absolute Gasteiger partial charge is 0.138 e. The highest BCUT2D eigenvalue weighted by atomic mass is 16.3. The second-order valence-electron chi connectivity index (χ2n) is 8.77. The van der Waals surface area contributed by atoms with Gasteiger partial charge in [-0.15, -0.1) is 0 Å². The number of H-pyrrole nitrogens is 1. The Kier molecular flexibility index (Phi) is 6.26. The van der Waals surface area contributed by atoms with E-state index in [1.165, 1.54) is 11.1 Å². The van der Waals surface area contributed by atoms with Crippen molar-refractivity contribution in [1.82, 2.24) is 24.7 Å². The molecule has 1 fully saturated rings. The van der Waals surface area contributed by atoms with Crippen molar-refractivity contribution in [3.05, 3.63) is 90.0 Å². The topological polar surface area (TPSA) is 99.9 Å². The Labute approximate surface area is 198 Å². The Balaban J connectivity index is 1.24. The Morgan fingerprint density at radius 3 is 2.35 bits per heavy atom. The maximum Gasteiger partial charge on any atom is 0.138 e. The number of aliphatic hydroxyl groups excluding tert-OH is 2. The first kappa shape index (κ1) is 22.1. The van der Waals surface area contributed by atoms with E-state index in [0.29, 0.717) is 17.7 Å². The van der Waals surface area contributed by atoms with Gasteiger partial charge in [-0.2, -0.15) is 5.10 Å². The van der Waals surface area contributed by atoms with Crippen molar-refractivity contribution in [2.75, 3.05) is 6.61 Å². The third kappa shape index (κ3) is 4.51. The molecule has 2 heterocycles. The van der Waals surface area contributed by atoms with Gasteiger partial charge in [0.1, 0.15) is 30.1 Å². The zero-order chi connectivity index (χ0) is 23.5. The lowest BCUT2D eigenvalue weighted by Gasteiger charge is -2.34. The summed E-state index contributed by atoms with van der Waals surface area (Å²) in [7, 11) is 0. The van der Waals surface area contributed by atoms with Crippen LogP contribution < -0.4 is 0 Å². The number of aromatic amines is 1. The molecule has 0 amide bonds. The monoisotopic (exact) mass is 453 g/mol. The molecule has 3 N–H and O–H groups in total. The first-order valence-corrected chi connectivity index (χ1v) is 11.5. The van der Waals surface area contributed by atoms with E-state index in [-0.39, 0.29) is 6.61 Å². The van der Waals surface area contributed by atoms with E-state index in [4.69, 9.17) is 0 Å². The summed E-state index contributed by atoms with van der Waals surface area (Å²) in [6, 6.07) is 16.4. The molecule has 7 heteroatoms. The zero-order valence-corrected chi connectivity index (χ0v) is 19.0. The van der Waals surface area contributed by atoms with Crippen LogP contribution in [0.1, 0.15) is 66.5 Å². The zero-order valence-electron chi connectivity index (χ0n) is 19.0. The quantitative estimate of drug-likeness (QED) is 0.384. The van der Waals surface area contributed by atoms with Crippen molar-refractivity contribution < 1.29 is 10.2 Å². The summed E-state index contributed by atoms with van der Waals surface area (Å²) in [5, 5.41) is 26.6. The fraction of sp³-hybridized carbons (Fsp3) is 0.296. The number of imidazole rings is 1. The molecule has 1 unspecified atom stereocenters. The van der Waals surface area contributed by atoms with Gasteiger partial charge >= 0.3 is 0 Å². The van der Waals surface area contributed by atoms with Crippen molar-refractivity contribution in [1.29, 1.82) is 0 Å². The number of aromatic nitrogens is 5. The first-order valence-electron chi connectivity index (χ1n) is 11.5. The van der Waals surface area contributed by atoms with E-state index in [9.17, 15) is 10.2 Å². The predicted molar refractivity (Wildman–Crippen MR) is 129 cm³/mol.